The molecule has 0 amide bonds. The highest BCUT2D eigenvalue weighted by Gasteiger charge is 2.38. The van der Waals surface area contributed by atoms with Gasteiger partial charge in [-0.3, -0.25) is 0 Å². The van der Waals surface area contributed by atoms with E-state index in [1.54, 1.807) is 6.92 Å². The summed E-state index contributed by atoms with van der Waals surface area (Å²) in [7, 11) is 4.39. The van der Waals surface area contributed by atoms with Crippen molar-refractivity contribution in [2.75, 3.05) is 28.4 Å². The number of esters is 4. The molecular formula is C15H19NO8. The summed E-state index contributed by atoms with van der Waals surface area (Å²) in [4.78, 5) is 48.7. The van der Waals surface area contributed by atoms with Crippen molar-refractivity contribution >= 4 is 23.9 Å². The van der Waals surface area contributed by atoms with Crippen molar-refractivity contribution in [3.8, 4) is 0 Å². The van der Waals surface area contributed by atoms with Crippen molar-refractivity contribution in [3.63, 3.8) is 0 Å². The summed E-state index contributed by atoms with van der Waals surface area (Å²) >= 11 is 0. The Kier molecular flexibility index (Phi) is 6.51. The van der Waals surface area contributed by atoms with Crippen molar-refractivity contribution in [2.24, 2.45) is 0 Å². The minimum absolute atomic E-state index is 0.163. The van der Waals surface area contributed by atoms with Crippen LogP contribution in [0.2, 0.25) is 0 Å². The van der Waals surface area contributed by atoms with Crippen LogP contribution in [0.25, 0.3) is 0 Å². The summed E-state index contributed by atoms with van der Waals surface area (Å²) in [6, 6.07) is 0. The van der Waals surface area contributed by atoms with Crippen LogP contribution in [0.15, 0.2) is 0 Å². The van der Waals surface area contributed by atoms with Gasteiger partial charge in [0.2, 0.25) is 0 Å². The standard InChI is InChI=1S/C15H19NO8/c1-6-7-16-10(14(19)23-4)8(12(17)21-2)9(13(18)22-3)11(16)15(20)24-5/h6-7H2,1-5H3. The molecule has 0 aliphatic rings. The van der Waals surface area contributed by atoms with Crippen LogP contribution in [0.3, 0.4) is 0 Å². The monoisotopic (exact) mass is 341 g/mol. The minimum Gasteiger partial charge on any atom is -0.465 e. The van der Waals surface area contributed by atoms with Crippen LogP contribution in [0.5, 0.6) is 0 Å². The molecule has 0 unspecified atom stereocenters. The van der Waals surface area contributed by atoms with Crippen molar-refractivity contribution in [3.05, 3.63) is 22.5 Å². The van der Waals surface area contributed by atoms with Gasteiger partial charge >= 0.3 is 23.9 Å². The number of rotatable bonds is 6. The van der Waals surface area contributed by atoms with E-state index in [1.807, 2.05) is 0 Å². The topological polar surface area (TPSA) is 110 Å². The maximum Gasteiger partial charge on any atom is 0.355 e. The molecule has 0 aliphatic carbocycles. The number of hydrogen-bond donors (Lipinski definition) is 0. The second-order valence-corrected chi connectivity index (χ2v) is 4.57. The van der Waals surface area contributed by atoms with E-state index in [0.29, 0.717) is 6.42 Å². The van der Waals surface area contributed by atoms with Crippen LogP contribution in [0, 0.1) is 0 Å². The Bertz CT molecular complexity index is 620. The Morgan fingerprint density at radius 1 is 0.708 bits per heavy atom. The van der Waals surface area contributed by atoms with Gasteiger partial charge < -0.3 is 23.5 Å². The highest BCUT2D eigenvalue weighted by atomic mass is 16.5. The molecule has 0 spiro atoms. The summed E-state index contributed by atoms with van der Waals surface area (Å²) in [5.74, 6) is -3.75. The first-order valence-corrected chi connectivity index (χ1v) is 6.99. The molecular weight excluding hydrogens is 322 g/mol. The number of ether oxygens (including phenoxy) is 4. The Morgan fingerprint density at radius 3 is 1.29 bits per heavy atom. The first-order chi connectivity index (χ1) is 11.4. The molecule has 0 aromatic carbocycles. The molecule has 9 nitrogen and oxygen atoms in total. The zero-order valence-electron chi connectivity index (χ0n) is 14.1. The Hall–Kier alpha value is -2.84. The zero-order chi connectivity index (χ0) is 18.4. The van der Waals surface area contributed by atoms with Gasteiger partial charge in [0.05, 0.1) is 28.4 Å². The predicted octanol–water partition coefficient (Wildman–Crippen LogP) is 1.04. The smallest absolute Gasteiger partial charge is 0.355 e. The molecule has 24 heavy (non-hydrogen) atoms. The molecule has 132 valence electrons. The quantitative estimate of drug-likeness (QED) is 0.557. The van der Waals surface area contributed by atoms with Gasteiger partial charge in [-0.2, -0.15) is 0 Å². The molecule has 1 rings (SSSR count). The second-order valence-electron chi connectivity index (χ2n) is 4.57. The Morgan fingerprint density at radius 2 is 1.04 bits per heavy atom. The van der Waals surface area contributed by atoms with Gasteiger partial charge in [0, 0.05) is 6.54 Å². The van der Waals surface area contributed by atoms with E-state index in [2.05, 4.69) is 18.9 Å². The number of nitrogens with zero attached hydrogens (tertiary/aromatic N) is 1. The third-order valence-corrected chi connectivity index (χ3v) is 3.25. The minimum atomic E-state index is -0.976. The average Bonchev–Trinajstić information content (AvgIpc) is 2.94. The summed E-state index contributed by atoms with van der Waals surface area (Å²) < 4.78 is 19.9. The SMILES string of the molecule is CCCn1c(C(=O)OC)c(C(=O)OC)c(C(=O)OC)c1C(=O)OC. The molecule has 0 radical (unpaired) electrons. The summed E-state index contributed by atoms with van der Waals surface area (Å²) in [5.41, 5.74) is -1.34. The van der Waals surface area contributed by atoms with E-state index in [1.165, 1.54) is 4.57 Å². The lowest BCUT2D eigenvalue weighted by Crippen LogP contribution is -2.18. The molecule has 0 bridgehead atoms. The third kappa shape index (κ3) is 3.24. The molecule has 0 fully saturated rings. The Balaban J connectivity index is 4.00. The molecule has 0 aliphatic heterocycles. The maximum atomic E-state index is 12.2. The maximum absolute atomic E-state index is 12.2. The Labute approximate surface area is 138 Å². The molecule has 0 atom stereocenters. The van der Waals surface area contributed by atoms with Crippen LogP contribution in [-0.4, -0.2) is 56.9 Å². The molecule has 1 aromatic heterocycles. The first-order valence-electron chi connectivity index (χ1n) is 6.99. The van der Waals surface area contributed by atoms with E-state index in [0.717, 1.165) is 28.4 Å². The summed E-state index contributed by atoms with van der Waals surface area (Å²) in [6.07, 6.45) is 0.504. The largest absolute Gasteiger partial charge is 0.465 e. The normalized spacial score (nSPS) is 10.0. The highest BCUT2D eigenvalue weighted by molar-refractivity contribution is 6.15. The van der Waals surface area contributed by atoms with Gasteiger partial charge in [0.1, 0.15) is 22.5 Å². The number of methoxy groups -OCH3 is 4. The van der Waals surface area contributed by atoms with Crippen LogP contribution in [0.1, 0.15) is 55.0 Å². The fraction of sp³-hybridized carbons (Fsp3) is 0.467. The van der Waals surface area contributed by atoms with E-state index < -0.39 is 35.0 Å². The van der Waals surface area contributed by atoms with Crippen molar-refractivity contribution < 1.29 is 38.1 Å². The molecule has 0 saturated carbocycles. The van der Waals surface area contributed by atoms with E-state index in [-0.39, 0.29) is 17.9 Å². The van der Waals surface area contributed by atoms with Gasteiger partial charge in [-0.15, -0.1) is 0 Å². The molecule has 1 heterocycles. The van der Waals surface area contributed by atoms with E-state index in [4.69, 9.17) is 0 Å². The van der Waals surface area contributed by atoms with Gasteiger partial charge in [-0.25, -0.2) is 19.2 Å². The summed E-state index contributed by atoms with van der Waals surface area (Å²) in [6.45, 7) is 1.95. The number of hydrogen-bond acceptors (Lipinski definition) is 8. The van der Waals surface area contributed by atoms with Crippen LogP contribution >= 0.6 is 0 Å². The highest BCUT2D eigenvalue weighted by Crippen LogP contribution is 2.27. The fourth-order valence-electron chi connectivity index (χ4n) is 2.29. The summed E-state index contributed by atoms with van der Waals surface area (Å²) in [5, 5.41) is 0. The van der Waals surface area contributed by atoms with Crippen LogP contribution in [-0.2, 0) is 25.5 Å². The average molecular weight is 341 g/mol. The lowest BCUT2D eigenvalue weighted by molar-refractivity contribution is 0.0530. The zero-order valence-corrected chi connectivity index (χ0v) is 14.1. The second kappa shape index (κ2) is 8.14. The predicted molar refractivity (Wildman–Crippen MR) is 80.1 cm³/mol. The molecule has 1 aromatic rings. The number of aromatic nitrogens is 1. The number of carbonyl (C=O) groups excluding carboxylic acids is 4. The molecule has 9 heteroatoms. The van der Waals surface area contributed by atoms with Gasteiger partial charge in [-0.05, 0) is 6.42 Å². The van der Waals surface area contributed by atoms with Gasteiger partial charge in [0.15, 0.2) is 0 Å². The van der Waals surface area contributed by atoms with E-state index >= 15 is 0 Å². The third-order valence-electron chi connectivity index (χ3n) is 3.25. The van der Waals surface area contributed by atoms with Gasteiger partial charge in [0.25, 0.3) is 0 Å². The fourth-order valence-corrected chi connectivity index (χ4v) is 2.29. The lowest BCUT2D eigenvalue weighted by atomic mass is 10.1. The van der Waals surface area contributed by atoms with Crippen LogP contribution < -0.4 is 0 Å². The van der Waals surface area contributed by atoms with Gasteiger partial charge in [-0.1, -0.05) is 6.92 Å². The van der Waals surface area contributed by atoms with E-state index in [9.17, 15) is 19.2 Å². The molecule has 0 N–H and O–H groups in total. The van der Waals surface area contributed by atoms with Crippen molar-refractivity contribution in [1.82, 2.24) is 4.57 Å². The van der Waals surface area contributed by atoms with Crippen molar-refractivity contribution in [1.29, 1.82) is 0 Å². The van der Waals surface area contributed by atoms with Crippen LogP contribution in [0.4, 0.5) is 0 Å². The number of carbonyl (C=O) groups is 4. The van der Waals surface area contributed by atoms with Crippen molar-refractivity contribution in [2.45, 2.75) is 19.9 Å². The molecule has 0 saturated heterocycles. The lowest BCUT2D eigenvalue weighted by Gasteiger charge is -2.10. The first kappa shape index (κ1) is 19.2.